The predicted molar refractivity (Wildman–Crippen MR) is 62.0 cm³/mol. The summed E-state index contributed by atoms with van der Waals surface area (Å²) in [4.78, 5) is 11.0. The van der Waals surface area contributed by atoms with Crippen LogP contribution < -0.4 is 0 Å². The van der Waals surface area contributed by atoms with Crippen LogP contribution >= 0.6 is 0 Å². The molecule has 0 saturated carbocycles. The molecular weight excluding hydrogens is 240 g/mol. The van der Waals surface area contributed by atoms with E-state index in [9.17, 15) is 4.79 Å². The van der Waals surface area contributed by atoms with Crippen LogP contribution in [0.4, 0.5) is 0 Å². The van der Waals surface area contributed by atoms with E-state index in [1.54, 1.807) is 30.3 Å². The monoisotopic (exact) mass is 254 g/mol. The van der Waals surface area contributed by atoms with E-state index in [1.807, 2.05) is 0 Å². The molecule has 0 saturated heterocycles. The van der Waals surface area contributed by atoms with E-state index in [2.05, 4.69) is 0 Å². The molecule has 0 aliphatic heterocycles. The van der Waals surface area contributed by atoms with Crippen molar-refractivity contribution in [2.24, 2.45) is 5.41 Å². The van der Waals surface area contributed by atoms with Crippen LogP contribution in [0.1, 0.15) is 5.56 Å². The smallest absolute Gasteiger partial charge is 0.324 e. The molecule has 0 aromatic heterocycles. The SMILES string of the molecule is O=C(O)C(/C=C/c1ccccc1)(C(O)O)C(O)O. The quantitative estimate of drug-likeness (QED) is 0.447. The summed E-state index contributed by atoms with van der Waals surface area (Å²) >= 11 is 0. The molecule has 0 bridgehead atoms. The Kier molecular flexibility index (Phi) is 4.57. The summed E-state index contributed by atoms with van der Waals surface area (Å²) in [6.07, 6.45) is -2.78. The number of aliphatic hydroxyl groups is 4. The first-order chi connectivity index (χ1) is 8.41. The third kappa shape index (κ3) is 2.74. The molecule has 0 aliphatic rings. The number of hydrogen-bond donors (Lipinski definition) is 5. The Morgan fingerprint density at radius 1 is 1.06 bits per heavy atom. The topological polar surface area (TPSA) is 118 Å². The molecule has 98 valence electrons. The first-order valence-corrected chi connectivity index (χ1v) is 5.11. The van der Waals surface area contributed by atoms with Crippen molar-refractivity contribution in [1.82, 2.24) is 0 Å². The molecular formula is C12H14O6. The molecule has 0 unspecified atom stereocenters. The highest BCUT2D eigenvalue weighted by molar-refractivity contribution is 5.79. The molecule has 5 N–H and O–H groups in total. The average Bonchev–Trinajstić information content (AvgIpc) is 2.29. The fourth-order valence-electron chi connectivity index (χ4n) is 1.40. The van der Waals surface area contributed by atoms with Gasteiger partial charge in [0.15, 0.2) is 18.0 Å². The van der Waals surface area contributed by atoms with Crippen LogP contribution in [0.5, 0.6) is 0 Å². The molecule has 0 atom stereocenters. The molecule has 18 heavy (non-hydrogen) atoms. The van der Waals surface area contributed by atoms with Gasteiger partial charge in [-0.25, -0.2) is 0 Å². The van der Waals surface area contributed by atoms with E-state index in [0.717, 1.165) is 6.08 Å². The summed E-state index contributed by atoms with van der Waals surface area (Å²) in [6, 6.07) is 8.45. The number of rotatable bonds is 5. The maximum absolute atomic E-state index is 11.0. The van der Waals surface area contributed by atoms with Gasteiger partial charge in [-0.2, -0.15) is 0 Å². The van der Waals surface area contributed by atoms with Gasteiger partial charge in [-0.3, -0.25) is 4.79 Å². The average molecular weight is 254 g/mol. The van der Waals surface area contributed by atoms with E-state index in [4.69, 9.17) is 25.5 Å². The normalized spacial score (nSPS) is 12.6. The summed E-state index contributed by atoms with van der Waals surface area (Å²) in [5.41, 5.74) is -2.00. The number of aliphatic carboxylic acids is 1. The summed E-state index contributed by atoms with van der Waals surface area (Å²) < 4.78 is 0. The van der Waals surface area contributed by atoms with Gasteiger partial charge in [0.25, 0.3) is 0 Å². The first kappa shape index (κ1) is 14.3. The Morgan fingerprint density at radius 2 is 1.56 bits per heavy atom. The van der Waals surface area contributed by atoms with E-state index in [-0.39, 0.29) is 0 Å². The number of benzene rings is 1. The molecule has 1 rings (SSSR count). The largest absolute Gasteiger partial charge is 0.480 e. The molecule has 0 amide bonds. The van der Waals surface area contributed by atoms with Crippen molar-refractivity contribution in [2.45, 2.75) is 12.6 Å². The molecule has 0 aliphatic carbocycles. The molecule has 0 fully saturated rings. The number of carboxylic acids is 1. The minimum atomic E-state index is -2.59. The fraction of sp³-hybridized carbons (Fsp3) is 0.250. The zero-order chi connectivity index (χ0) is 13.8. The third-order valence-electron chi connectivity index (χ3n) is 2.58. The van der Waals surface area contributed by atoms with Crippen LogP contribution in [-0.4, -0.2) is 44.1 Å². The zero-order valence-electron chi connectivity index (χ0n) is 9.34. The van der Waals surface area contributed by atoms with Crippen LogP contribution in [0, 0.1) is 5.41 Å². The lowest BCUT2D eigenvalue weighted by Crippen LogP contribution is -2.50. The molecule has 6 heteroatoms. The fourth-order valence-corrected chi connectivity index (χ4v) is 1.40. The number of carboxylic acid groups (broad SMARTS) is 1. The highest BCUT2D eigenvalue weighted by Gasteiger charge is 2.49. The molecule has 0 spiro atoms. The maximum Gasteiger partial charge on any atom is 0.324 e. The van der Waals surface area contributed by atoms with Gasteiger partial charge in [0, 0.05) is 0 Å². The van der Waals surface area contributed by atoms with Gasteiger partial charge in [0.1, 0.15) is 0 Å². The Balaban J connectivity index is 3.13. The molecule has 6 nitrogen and oxygen atoms in total. The van der Waals surface area contributed by atoms with E-state index < -0.39 is 24.0 Å². The van der Waals surface area contributed by atoms with Crippen LogP contribution in [0.2, 0.25) is 0 Å². The van der Waals surface area contributed by atoms with Crippen LogP contribution in [0.25, 0.3) is 6.08 Å². The van der Waals surface area contributed by atoms with Gasteiger partial charge in [-0.15, -0.1) is 0 Å². The predicted octanol–water partition coefficient (Wildman–Crippen LogP) is -0.608. The Bertz CT molecular complexity index is 415. The number of aliphatic hydroxyl groups excluding tert-OH is 2. The Morgan fingerprint density at radius 3 is 1.94 bits per heavy atom. The Hall–Kier alpha value is -1.73. The lowest BCUT2D eigenvalue weighted by atomic mass is 9.85. The van der Waals surface area contributed by atoms with Gasteiger partial charge >= 0.3 is 5.97 Å². The third-order valence-corrected chi connectivity index (χ3v) is 2.58. The zero-order valence-corrected chi connectivity index (χ0v) is 9.34. The lowest BCUT2D eigenvalue weighted by molar-refractivity contribution is -0.224. The van der Waals surface area contributed by atoms with Crippen molar-refractivity contribution in [3.8, 4) is 0 Å². The van der Waals surface area contributed by atoms with Crippen molar-refractivity contribution in [2.75, 3.05) is 0 Å². The molecule has 1 aromatic carbocycles. The summed E-state index contributed by atoms with van der Waals surface area (Å²) in [6.45, 7) is 0. The molecule has 1 aromatic rings. The molecule has 0 heterocycles. The van der Waals surface area contributed by atoms with Crippen molar-refractivity contribution >= 4 is 12.0 Å². The molecule has 0 radical (unpaired) electrons. The maximum atomic E-state index is 11.0. The summed E-state index contributed by atoms with van der Waals surface area (Å²) in [5.74, 6) is -1.75. The van der Waals surface area contributed by atoms with Gasteiger partial charge in [0.05, 0.1) is 0 Å². The van der Waals surface area contributed by atoms with Crippen molar-refractivity contribution in [3.63, 3.8) is 0 Å². The van der Waals surface area contributed by atoms with Gasteiger partial charge in [0.2, 0.25) is 0 Å². The van der Waals surface area contributed by atoms with Crippen LogP contribution in [-0.2, 0) is 4.79 Å². The van der Waals surface area contributed by atoms with E-state index in [1.165, 1.54) is 6.08 Å². The minimum absolute atomic E-state index is 0.587. The van der Waals surface area contributed by atoms with E-state index in [0.29, 0.717) is 5.56 Å². The van der Waals surface area contributed by atoms with Crippen molar-refractivity contribution in [3.05, 3.63) is 42.0 Å². The minimum Gasteiger partial charge on any atom is -0.480 e. The summed E-state index contributed by atoms with van der Waals surface area (Å²) in [7, 11) is 0. The highest BCUT2D eigenvalue weighted by atomic mass is 16.5. The Labute approximate surface area is 103 Å². The number of carbonyl (C=O) groups is 1. The second-order valence-electron chi connectivity index (χ2n) is 3.73. The highest BCUT2D eigenvalue weighted by Crippen LogP contribution is 2.28. The van der Waals surface area contributed by atoms with Crippen LogP contribution in [0.3, 0.4) is 0 Å². The van der Waals surface area contributed by atoms with Crippen molar-refractivity contribution < 1.29 is 30.3 Å². The second kappa shape index (κ2) is 5.74. The first-order valence-electron chi connectivity index (χ1n) is 5.11. The summed E-state index contributed by atoms with van der Waals surface area (Å²) in [5, 5.41) is 45.3. The van der Waals surface area contributed by atoms with Gasteiger partial charge < -0.3 is 25.5 Å². The van der Waals surface area contributed by atoms with Gasteiger partial charge in [-0.1, -0.05) is 42.5 Å². The van der Waals surface area contributed by atoms with E-state index >= 15 is 0 Å². The lowest BCUT2D eigenvalue weighted by Gasteiger charge is -2.29. The van der Waals surface area contributed by atoms with Crippen LogP contribution in [0.15, 0.2) is 36.4 Å². The second-order valence-corrected chi connectivity index (χ2v) is 3.73. The number of hydrogen-bond acceptors (Lipinski definition) is 5. The standard InChI is InChI=1S/C12H14O6/c13-9(14)12(10(15)16,11(17)18)7-6-8-4-2-1-3-5-8/h1-7,9-10,13-16H,(H,17,18)/b7-6+. The van der Waals surface area contributed by atoms with Gasteiger partial charge in [-0.05, 0) is 5.56 Å². The van der Waals surface area contributed by atoms with Crippen molar-refractivity contribution in [1.29, 1.82) is 0 Å².